The van der Waals surface area contributed by atoms with Gasteiger partial charge in [-0.25, -0.2) is 0 Å². The molecule has 62 valence electrons. The maximum Gasteiger partial charge on any atom is 0.257 e. The average molecular weight is 164 g/mol. The molecule has 0 atom stereocenters. The van der Waals surface area contributed by atoms with Gasteiger partial charge in [0.05, 0.1) is 6.42 Å². The predicted molar refractivity (Wildman–Crippen MR) is 41.4 cm³/mol. The summed E-state index contributed by atoms with van der Waals surface area (Å²) in [5.41, 5.74) is 1.07. The van der Waals surface area contributed by atoms with Gasteiger partial charge in [0.1, 0.15) is 5.56 Å². The Morgan fingerprint density at radius 3 is 3.17 bits per heavy atom. The Labute approximate surface area is 69.4 Å². The number of hydrogen-bond donors (Lipinski definition) is 1. The van der Waals surface area contributed by atoms with Crippen LogP contribution < -0.4 is 10.0 Å². The smallest absolute Gasteiger partial charge is 0.257 e. The molecule has 0 aliphatic carbocycles. The van der Waals surface area contributed by atoms with Gasteiger partial charge >= 0.3 is 0 Å². The Morgan fingerprint density at radius 1 is 1.58 bits per heavy atom. The Morgan fingerprint density at radius 2 is 2.42 bits per heavy atom. The number of rotatable bonds is 0. The van der Waals surface area contributed by atoms with Gasteiger partial charge in [0.25, 0.3) is 5.91 Å². The summed E-state index contributed by atoms with van der Waals surface area (Å²) in [4.78, 5) is 11.2. The molecule has 0 unspecified atom stereocenters. The molecule has 1 amide bonds. The fourth-order valence-electron chi connectivity index (χ4n) is 1.36. The highest BCUT2D eigenvalue weighted by molar-refractivity contribution is 5.95. The van der Waals surface area contributed by atoms with Crippen LogP contribution in [0.3, 0.4) is 0 Å². The molecule has 4 nitrogen and oxygen atoms in total. The van der Waals surface area contributed by atoms with Crippen LogP contribution in [-0.4, -0.2) is 12.5 Å². The molecule has 1 aromatic rings. The average Bonchev–Trinajstić information content (AvgIpc) is 2.07. The van der Waals surface area contributed by atoms with Gasteiger partial charge < -0.3 is 10.5 Å². The molecule has 2 heterocycles. The number of carbonyl (C=O) groups is 1. The van der Waals surface area contributed by atoms with Crippen LogP contribution in [-0.2, 0) is 6.42 Å². The van der Waals surface area contributed by atoms with E-state index in [0.717, 1.165) is 4.73 Å². The van der Waals surface area contributed by atoms with E-state index in [2.05, 4.69) is 5.32 Å². The molecular weight excluding hydrogens is 156 g/mol. The zero-order chi connectivity index (χ0) is 8.55. The monoisotopic (exact) mass is 164 g/mol. The lowest BCUT2D eigenvalue weighted by atomic mass is 10.1. The lowest BCUT2D eigenvalue weighted by molar-refractivity contribution is -0.614. The van der Waals surface area contributed by atoms with Crippen molar-refractivity contribution in [1.82, 2.24) is 5.32 Å². The Bertz CT molecular complexity index is 336. The molecule has 1 aliphatic rings. The fraction of sp³-hybridized carbons (Fsp3) is 0.250. The van der Waals surface area contributed by atoms with E-state index in [1.807, 2.05) is 0 Å². The van der Waals surface area contributed by atoms with Crippen LogP contribution in [0.15, 0.2) is 18.3 Å². The minimum absolute atomic E-state index is 0.151. The first-order valence-corrected chi connectivity index (χ1v) is 3.78. The van der Waals surface area contributed by atoms with E-state index in [4.69, 9.17) is 0 Å². The highest BCUT2D eigenvalue weighted by atomic mass is 16.5. The zero-order valence-electron chi connectivity index (χ0n) is 6.41. The van der Waals surface area contributed by atoms with Crippen LogP contribution in [0.1, 0.15) is 16.1 Å². The van der Waals surface area contributed by atoms with Gasteiger partial charge in [0.2, 0.25) is 5.69 Å². The largest absolute Gasteiger partial charge is 0.618 e. The highest BCUT2D eigenvalue weighted by Crippen LogP contribution is 2.07. The van der Waals surface area contributed by atoms with Gasteiger partial charge in [-0.2, -0.15) is 4.73 Å². The minimum Gasteiger partial charge on any atom is -0.618 e. The van der Waals surface area contributed by atoms with Gasteiger partial charge in [-0.05, 0) is 6.07 Å². The summed E-state index contributed by atoms with van der Waals surface area (Å²) in [7, 11) is 0. The number of pyridine rings is 1. The van der Waals surface area contributed by atoms with Gasteiger partial charge in [0, 0.05) is 12.6 Å². The molecule has 1 aliphatic heterocycles. The Hall–Kier alpha value is -1.58. The SMILES string of the molecule is O=C1NCCc2c1ccc[n+]2[O-]. The first-order valence-electron chi connectivity index (χ1n) is 3.78. The van der Waals surface area contributed by atoms with E-state index in [1.165, 1.54) is 6.20 Å². The summed E-state index contributed by atoms with van der Waals surface area (Å²) in [6.07, 6.45) is 2.03. The molecule has 12 heavy (non-hydrogen) atoms. The first-order chi connectivity index (χ1) is 5.79. The quantitative estimate of drug-likeness (QED) is 0.419. The van der Waals surface area contributed by atoms with E-state index in [9.17, 15) is 10.0 Å². The molecule has 0 saturated heterocycles. The van der Waals surface area contributed by atoms with Crippen LogP contribution in [0.4, 0.5) is 0 Å². The molecule has 1 N–H and O–H groups in total. The number of fused-ring (bicyclic) bond motifs is 1. The number of carbonyl (C=O) groups excluding carboxylic acids is 1. The number of nitrogens with one attached hydrogen (secondary N) is 1. The van der Waals surface area contributed by atoms with Crippen molar-refractivity contribution in [3.8, 4) is 0 Å². The highest BCUT2D eigenvalue weighted by Gasteiger charge is 2.22. The Kier molecular flexibility index (Phi) is 1.46. The molecular formula is C8H8N2O2. The molecule has 1 aromatic heterocycles. The van der Waals surface area contributed by atoms with E-state index >= 15 is 0 Å². The van der Waals surface area contributed by atoms with E-state index in [0.29, 0.717) is 24.2 Å². The number of nitrogens with zero attached hydrogens (tertiary/aromatic N) is 1. The number of amides is 1. The summed E-state index contributed by atoms with van der Waals surface area (Å²) < 4.78 is 0.758. The number of hydrogen-bond acceptors (Lipinski definition) is 2. The second kappa shape index (κ2) is 2.48. The predicted octanol–water partition coefficient (Wildman–Crippen LogP) is -0.394. The third-order valence-corrected chi connectivity index (χ3v) is 1.95. The number of aromatic nitrogens is 1. The van der Waals surface area contributed by atoms with Crippen molar-refractivity contribution in [2.75, 3.05) is 6.54 Å². The van der Waals surface area contributed by atoms with Crippen molar-refractivity contribution < 1.29 is 9.52 Å². The third kappa shape index (κ3) is 0.922. The topological polar surface area (TPSA) is 56.0 Å². The normalized spacial score (nSPS) is 15.2. The van der Waals surface area contributed by atoms with Crippen LogP contribution >= 0.6 is 0 Å². The van der Waals surface area contributed by atoms with Crippen molar-refractivity contribution in [1.29, 1.82) is 0 Å². The van der Waals surface area contributed by atoms with Crippen molar-refractivity contribution in [3.05, 3.63) is 34.8 Å². The maximum absolute atomic E-state index is 11.2. The van der Waals surface area contributed by atoms with Crippen LogP contribution in [0.25, 0.3) is 0 Å². The van der Waals surface area contributed by atoms with E-state index in [-0.39, 0.29) is 5.91 Å². The van der Waals surface area contributed by atoms with Crippen molar-refractivity contribution in [2.45, 2.75) is 6.42 Å². The minimum atomic E-state index is -0.151. The van der Waals surface area contributed by atoms with Crippen LogP contribution in [0, 0.1) is 5.21 Å². The lowest BCUT2D eigenvalue weighted by Gasteiger charge is -2.14. The van der Waals surface area contributed by atoms with Crippen molar-refractivity contribution in [2.24, 2.45) is 0 Å². The summed E-state index contributed by atoms with van der Waals surface area (Å²) in [5, 5.41) is 13.8. The Balaban J connectivity index is 2.59. The fourth-order valence-corrected chi connectivity index (χ4v) is 1.36. The van der Waals surface area contributed by atoms with Crippen LogP contribution in [0.5, 0.6) is 0 Å². The van der Waals surface area contributed by atoms with Gasteiger partial charge in [0.15, 0.2) is 6.20 Å². The van der Waals surface area contributed by atoms with E-state index < -0.39 is 0 Å². The lowest BCUT2D eigenvalue weighted by Crippen LogP contribution is -2.42. The summed E-state index contributed by atoms with van der Waals surface area (Å²) in [6.45, 7) is 0.554. The molecule has 0 aromatic carbocycles. The molecule has 0 spiro atoms. The summed E-state index contributed by atoms with van der Waals surface area (Å²) in [5.74, 6) is -0.151. The molecule has 0 radical (unpaired) electrons. The maximum atomic E-state index is 11.2. The molecule has 0 saturated carbocycles. The van der Waals surface area contributed by atoms with E-state index in [1.54, 1.807) is 12.1 Å². The third-order valence-electron chi connectivity index (χ3n) is 1.95. The summed E-state index contributed by atoms with van der Waals surface area (Å²) >= 11 is 0. The second-order valence-electron chi connectivity index (χ2n) is 2.70. The van der Waals surface area contributed by atoms with Gasteiger partial charge in [-0.3, -0.25) is 4.79 Å². The summed E-state index contributed by atoms with van der Waals surface area (Å²) in [6, 6.07) is 3.24. The molecule has 0 bridgehead atoms. The first kappa shape index (κ1) is 7.09. The molecule has 4 heteroatoms. The molecule has 0 fully saturated rings. The van der Waals surface area contributed by atoms with Crippen molar-refractivity contribution in [3.63, 3.8) is 0 Å². The van der Waals surface area contributed by atoms with Gasteiger partial charge in [-0.1, -0.05) is 0 Å². The standard InChI is InChI=1S/C8H8N2O2/c11-8-6-2-1-5-10(12)7(6)3-4-9-8/h1-2,5H,3-4H2,(H,9,11). The van der Waals surface area contributed by atoms with Crippen LogP contribution in [0.2, 0.25) is 0 Å². The van der Waals surface area contributed by atoms with Gasteiger partial charge in [-0.15, -0.1) is 0 Å². The zero-order valence-corrected chi connectivity index (χ0v) is 6.41. The second-order valence-corrected chi connectivity index (χ2v) is 2.70. The molecule has 2 rings (SSSR count). The van der Waals surface area contributed by atoms with Crippen molar-refractivity contribution >= 4 is 5.91 Å².